The van der Waals surface area contributed by atoms with Gasteiger partial charge in [0.1, 0.15) is 0 Å². The molecule has 20 heavy (non-hydrogen) atoms. The van der Waals surface area contributed by atoms with Crippen molar-refractivity contribution in [2.24, 2.45) is 5.73 Å². The van der Waals surface area contributed by atoms with Crippen LogP contribution in [-0.2, 0) is 11.2 Å². The van der Waals surface area contributed by atoms with Crippen molar-refractivity contribution in [2.75, 3.05) is 13.1 Å². The number of aryl methyl sites for hydroxylation is 1. The number of nitrogens with zero attached hydrogens (tertiary/aromatic N) is 2. The number of carbonyl (C=O) groups excluding carboxylic acids is 1. The van der Waals surface area contributed by atoms with Gasteiger partial charge in [-0.15, -0.1) is 12.4 Å². The molecular weight excluding hydrogens is 274 g/mol. The highest BCUT2D eigenvalue weighted by atomic mass is 35.5. The first-order valence-corrected chi connectivity index (χ1v) is 7.20. The van der Waals surface area contributed by atoms with Crippen LogP contribution in [-0.4, -0.2) is 34.9 Å². The number of carbonyl (C=O) groups is 1. The molecule has 1 aromatic heterocycles. The molecule has 2 heterocycles. The van der Waals surface area contributed by atoms with Crippen molar-refractivity contribution in [3.8, 4) is 0 Å². The molecule has 0 saturated carbocycles. The SMILES string of the molecule is Cl.NCCC1CCCCN1C(=O)CCc1ccccn1. The Bertz CT molecular complexity index is 397. The van der Waals surface area contributed by atoms with Crippen LogP contribution in [0.15, 0.2) is 24.4 Å². The molecule has 112 valence electrons. The summed E-state index contributed by atoms with van der Waals surface area (Å²) >= 11 is 0. The lowest BCUT2D eigenvalue weighted by Gasteiger charge is -2.35. The van der Waals surface area contributed by atoms with E-state index in [-0.39, 0.29) is 18.3 Å². The van der Waals surface area contributed by atoms with Crippen LogP contribution in [0, 0.1) is 0 Å². The highest BCUT2D eigenvalue weighted by molar-refractivity contribution is 5.85. The fourth-order valence-electron chi connectivity index (χ4n) is 2.75. The predicted molar refractivity (Wildman–Crippen MR) is 82.8 cm³/mol. The first-order valence-electron chi connectivity index (χ1n) is 7.20. The van der Waals surface area contributed by atoms with Gasteiger partial charge in [-0.05, 0) is 50.8 Å². The van der Waals surface area contributed by atoms with E-state index in [9.17, 15) is 4.79 Å². The number of aromatic nitrogens is 1. The Morgan fingerprint density at radius 2 is 2.25 bits per heavy atom. The zero-order valence-electron chi connectivity index (χ0n) is 11.8. The Hall–Kier alpha value is -1.13. The number of likely N-dealkylation sites (tertiary alicyclic amines) is 1. The van der Waals surface area contributed by atoms with E-state index in [1.54, 1.807) is 6.20 Å². The third-order valence-corrected chi connectivity index (χ3v) is 3.77. The van der Waals surface area contributed by atoms with Gasteiger partial charge in [0.15, 0.2) is 0 Å². The zero-order chi connectivity index (χ0) is 13.5. The molecule has 0 radical (unpaired) electrons. The Kier molecular flexibility index (Phi) is 7.55. The average molecular weight is 298 g/mol. The minimum absolute atomic E-state index is 0. The monoisotopic (exact) mass is 297 g/mol. The number of halogens is 1. The summed E-state index contributed by atoms with van der Waals surface area (Å²) in [5, 5.41) is 0. The Morgan fingerprint density at radius 3 is 2.95 bits per heavy atom. The lowest BCUT2D eigenvalue weighted by molar-refractivity contribution is -0.134. The maximum Gasteiger partial charge on any atom is 0.223 e. The predicted octanol–water partition coefficient (Wildman–Crippen LogP) is 2.17. The van der Waals surface area contributed by atoms with Crippen LogP contribution in [0.25, 0.3) is 0 Å². The van der Waals surface area contributed by atoms with Crippen molar-refractivity contribution in [1.29, 1.82) is 0 Å². The van der Waals surface area contributed by atoms with Gasteiger partial charge in [-0.1, -0.05) is 6.07 Å². The lowest BCUT2D eigenvalue weighted by Crippen LogP contribution is -2.44. The van der Waals surface area contributed by atoms with Gasteiger partial charge < -0.3 is 10.6 Å². The number of piperidine rings is 1. The van der Waals surface area contributed by atoms with E-state index < -0.39 is 0 Å². The molecule has 1 fully saturated rings. The van der Waals surface area contributed by atoms with Crippen molar-refractivity contribution < 1.29 is 4.79 Å². The fourth-order valence-corrected chi connectivity index (χ4v) is 2.75. The van der Waals surface area contributed by atoms with Crippen LogP contribution in [0.2, 0.25) is 0 Å². The minimum atomic E-state index is 0. The molecule has 1 aliphatic rings. The molecule has 0 bridgehead atoms. The molecule has 1 saturated heterocycles. The zero-order valence-corrected chi connectivity index (χ0v) is 12.6. The average Bonchev–Trinajstić information content (AvgIpc) is 2.47. The van der Waals surface area contributed by atoms with Crippen LogP contribution in [0.1, 0.15) is 37.8 Å². The van der Waals surface area contributed by atoms with Crippen molar-refractivity contribution in [3.05, 3.63) is 30.1 Å². The highest BCUT2D eigenvalue weighted by Gasteiger charge is 2.25. The number of hydrogen-bond donors (Lipinski definition) is 1. The normalized spacial score (nSPS) is 18.4. The summed E-state index contributed by atoms with van der Waals surface area (Å²) in [6.45, 7) is 1.56. The third kappa shape index (κ3) is 4.76. The van der Waals surface area contributed by atoms with Gasteiger partial charge in [0.05, 0.1) is 0 Å². The minimum Gasteiger partial charge on any atom is -0.340 e. The van der Waals surface area contributed by atoms with Crippen molar-refractivity contribution in [2.45, 2.75) is 44.6 Å². The molecule has 1 atom stereocenters. The maximum atomic E-state index is 12.3. The summed E-state index contributed by atoms with van der Waals surface area (Å²) in [6, 6.07) is 6.19. The number of nitrogens with two attached hydrogens (primary N) is 1. The lowest BCUT2D eigenvalue weighted by atomic mass is 9.98. The second-order valence-electron chi connectivity index (χ2n) is 5.14. The topological polar surface area (TPSA) is 59.2 Å². The van der Waals surface area contributed by atoms with Crippen molar-refractivity contribution in [3.63, 3.8) is 0 Å². The molecule has 0 spiro atoms. The summed E-state index contributed by atoms with van der Waals surface area (Å²) < 4.78 is 0. The molecule has 0 aromatic carbocycles. The van der Waals surface area contributed by atoms with E-state index in [1.807, 2.05) is 23.1 Å². The third-order valence-electron chi connectivity index (χ3n) is 3.77. The van der Waals surface area contributed by atoms with E-state index in [0.717, 1.165) is 37.9 Å². The van der Waals surface area contributed by atoms with Crippen LogP contribution in [0.5, 0.6) is 0 Å². The van der Waals surface area contributed by atoms with Crippen molar-refractivity contribution in [1.82, 2.24) is 9.88 Å². The fraction of sp³-hybridized carbons (Fsp3) is 0.600. The van der Waals surface area contributed by atoms with E-state index >= 15 is 0 Å². The van der Waals surface area contributed by atoms with Crippen LogP contribution in [0.4, 0.5) is 0 Å². The molecule has 1 amide bonds. The van der Waals surface area contributed by atoms with E-state index in [0.29, 0.717) is 19.0 Å². The summed E-state index contributed by atoms with van der Waals surface area (Å²) in [6.07, 6.45) is 7.43. The molecular formula is C15H24ClN3O. The van der Waals surface area contributed by atoms with Crippen molar-refractivity contribution >= 4 is 18.3 Å². The Labute approximate surface area is 127 Å². The summed E-state index contributed by atoms with van der Waals surface area (Å²) in [5.74, 6) is 0.254. The van der Waals surface area contributed by atoms with Gasteiger partial charge >= 0.3 is 0 Å². The molecule has 0 aliphatic carbocycles. The van der Waals surface area contributed by atoms with E-state index in [4.69, 9.17) is 5.73 Å². The van der Waals surface area contributed by atoms with E-state index in [1.165, 1.54) is 6.42 Å². The molecule has 1 aromatic rings. The first-order chi connectivity index (χ1) is 9.31. The Balaban J connectivity index is 0.00000200. The second-order valence-corrected chi connectivity index (χ2v) is 5.14. The highest BCUT2D eigenvalue weighted by Crippen LogP contribution is 2.20. The van der Waals surface area contributed by atoms with Crippen LogP contribution in [0.3, 0.4) is 0 Å². The quantitative estimate of drug-likeness (QED) is 0.906. The standard InChI is InChI=1S/C15H23N3O.ClH/c16-10-9-14-6-2-4-12-18(14)15(19)8-7-13-5-1-3-11-17-13;/h1,3,5,11,14H,2,4,6-10,12,16H2;1H. The van der Waals surface area contributed by atoms with Crippen LogP contribution >= 0.6 is 12.4 Å². The van der Waals surface area contributed by atoms with Gasteiger partial charge in [-0.2, -0.15) is 0 Å². The number of rotatable bonds is 5. The molecule has 4 nitrogen and oxygen atoms in total. The first kappa shape index (κ1) is 16.9. The van der Waals surface area contributed by atoms with Gasteiger partial charge in [-0.25, -0.2) is 0 Å². The summed E-state index contributed by atoms with van der Waals surface area (Å²) in [7, 11) is 0. The molecule has 2 rings (SSSR count). The van der Waals surface area contributed by atoms with Crippen LogP contribution < -0.4 is 5.73 Å². The maximum absolute atomic E-state index is 12.3. The van der Waals surface area contributed by atoms with Gasteiger partial charge in [-0.3, -0.25) is 9.78 Å². The van der Waals surface area contributed by atoms with E-state index in [2.05, 4.69) is 4.98 Å². The van der Waals surface area contributed by atoms with Gasteiger partial charge in [0, 0.05) is 30.9 Å². The largest absolute Gasteiger partial charge is 0.340 e. The Morgan fingerprint density at radius 1 is 1.40 bits per heavy atom. The van der Waals surface area contributed by atoms with Gasteiger partial charge in [0.25, 0.3) is 0 Å². The molecule has 2 N–H and O–H groups in total. The molecule has 1 unspecified atom stereocenters. The smallest absolute Gasteiger partial charge is 0.223 e. The second kappa shape index (κ2) is 8.93. The number of amides is 1. The summed E-state index contributed by atoms with van der Waals surface area (Å²) in [5.41, 5.74) is 6.63. The van der Waals surface area contributed by atoms with Gasteiger partial charge in [0.2, 0.25) is 5.91 Å². The summed E-state index contributed by atoms with van der Waals surface area (Å²) in [4.78, 5) is 18.6. The molecule has 1 aliphatic heterocycles. The number of hydrogen-bond acceptors (Lipinski definition) is 3. The molecule has 5 heteroatoms. The number of pyridine rings is 1.